The van der Waals surface area contributed by atoms with Crippen LogP contribution in [0.5, 0.6) is 0 Å². The quantitative estimate of drug-likeness (QED) is 0.421. The normalized spacial score (nSPS) is 16.4. The zero-order chi connectivity index (χ0) is 23.0. The Hall–Kier alpha value is -3.06. The summed E-state index contributed by atoms with van der Waals surface area (Å²) in [7, 11) is 0. The fourth-order valence-electron chi connectivity index (χ4n) is 4.97. The van der Waals surface area contributed by atoms with Crippen molar-refractivity contribution in [3.05, 3.63) is 65.5 Å². The average molecular weight is 448 g/mol. The fourth-order valence-corrected chi connectivity index (χ4v) is 4.97. The highest BCUT2D eigenvalue weighted by atomic mass is 16.4. The van der Waals surface area contributed by atoms with E-state index < -0.39 is 11.9 Å². The molecule has 2 heterocycles. The van der Waals surface area contributed by atoms with Crippen LogP contribution in [0.2, 0.25) is 0 Å². The highest BCUT2D eigenvalue weighted by Crippen LogP contribution is 2.35. The van der Waals surface area contributed by atoms with E-state index in [0.717, 1.165) is 42.6 Å². The van der Waals surface area contributed by atoms with Gasteiger partial charge in [-0.3, -0.25) is 4.79 Å². The SMILES string of the molecule is CCCC[C@H](C(=O)O)[C@H](Cc1ccccc1-c1ccc(C2CCNCC2)cc1)c1nn[nH]n1. The Labute approximate surface area is 195 Å². The molecule has 4 rings (SSSR count). The third-order valence-electron chi connectivity index (χ3n) is 6.85. The molecular weight excluding hydrogens is 414 g/mol. The number of aromatic nitrogens is 4. The number of H-pyrrole nitrogens is 1. The van der Waals surface area contributed by atoms with E-state index in [2.05, 4.69) is 69.3 Å². The number of benzene rings is 2. The summed E-state index contributed by atoms with van der Waals surface area (Å²) < 4.78 is 0. The van der Waals surface area contributed by atoms with Crippen LogP contribution in [0.3, 0.4) is 0 Å². The maximum atomic E-state index is 12.2. The van der Waals surface area contributed by atoms with Gasteiger partial charge in [-0.05, 0) is 66.9 Å². The Bertz CT molecular complexity index is 1010. The number of carboxylic acid groups (broad SMARTS) is 1. The lowest BCUT2D eigenvalue weighted by Crippen LogP contribution is -2.26. The first kappa shape index (κ1) is 23.1. The molecule has 3 aromatic rings. The minimum absolute atomic E-state index is 0.344. The van der Waals surface area contributed by atoms with Crippen LogP contribution in [0, 0.1) is 5.92 Å². The van der Waals surface area contributed by atoms with Crippen molar-refractivity contribution in [2.24, 2.45) is 5.92 Å². The van der Waals surface area contributed by atoms with Crippen LogP contribution in [0.4, 0.5) is 0 Å². The molecule has 1 saturated heterocycles. The monoisotopic (exact) mass is 447 g/mol. The van der Waals surface area contributed by atoms with Gasteiger partial charge in [-0.1, -0.05) is 73.5 Å². The van der Waals surface area contributed by atoms with Gasteiger partial charge in [-0.25, -0.2) is 0 Å². The molecule has 1 fully saturated rings. The Morgan fingerprint density at radius 3 is 2.55 bits per heavy atom. The molecule has 33 heavy (non-hydrogen) atoms. The molecule has 0 radical (unpaired) electrons. The molecule has 1 aromatic heterocycles. The van der Waals surface area contributed by atoms with E-state index in [1.54, 1.807) is 0 Å². The zero-order valence-corrected chi connectivity index (χ0v) is 19.2. The maximum Gasteiger partial charge on any atom is 0.307 e. The molecular formula is C26H33N5O2. The highest BCUT2D eigenvalue weighted by Gasteiger charge is 2.32. The summed E-state index contributed by atoms with van der Waals surface area (Å²) in [6, 6.07) is 17.1. The molecule has 0 amide bonds. The number of nitrogens with zero attached hydrogens (tertiary/aromatic N) is 3. The molecule has 2 atom stereocenters. The number of tetrazole rings is 1. The van der Waals surface area contributed by atoms with Gasteiger partial charge in [-0.15, -0.1) is 10.2 Å². The Morgan fingerprint density at radius 1 is 1.12 bits per heavy atom. The van der Waals surface area contributed by atoms with Gasteiger partial charge in [0, 0.05) is 5.92 Å². The first-order chi connectivity index (χ1) is 16.2. The number of aromatic amines is 1. The van der Waals surface area contributed by atoms with Crippen molar-refractivity contribution in [1.29, 1.82) is 0 Å². The van der Waals surface area contributed by atoms with Crippen molar-refractivity contribution in [2.75, 3.05) is 13.1 Å². The van der Waals surface area contributed by atoms with Crippen molar-refractivity contribution in [1.82, 2.24) is 25.9 Å². The molecule has 1 aliphatic heterocycles. The Balaban J connectivity index is 1.62. The van der Waals surface area contributed by atoms with Crippen LogP contribution < -0.4 is 5.32 Å². The molecule has 174 valence electrons. The van der Waals surface area contributed by atoms with Crippen LogP contribution in [0.25, 0.3) is 11.1 Å². The van der Waals surface area contributed by atoms with E-state index in [1.165, 1.54) is 18.4 Å². The molecule has 0 aliphatic carbocycles. The van der Waals surface area contributed by atoms with E-state index in [4.69, 9.17) is 0 Å². The maximum absolute atomic E-state index is 12.2. The minimum atomic E-state index is -0.804. The lowest BCUT2D eigenvalue weighted by molar-refractivity contribution is -0.143. The van der Waals surface area contributed by atoms with Gasteiger partial charge in [0.2, 0.25) is 0 Å². The number of rotatable bonds is 10. The number of piperidine rings is 1. The summed E-state index contributed by atoms with van der Waals surface area (Å²) in [5, 5.41) is 28.0. The number of unbranched alkanes of at least 4 members (excludes halogenated alkanes) is 1. The van der Waals surface area contributed by atoms with Crippen molar-refractivity contribution >= 4 is 5.97 Å². The first-order valence-corrected chi connectivity index (χ1v) is 12.0. The summed E-state index contributed by atoms with van der Waals surface area (Å²) in [4.78, 5) is 12.2. The zero-order valence-electron chi connectivity index (χ0n) is 19.2. The minimum Gasteiger partial charge on any atom is -0.481 e. The molecule has 7 nitrogen and oxygen atoms in total. The summed E-state index contributed by atoms with van der Waals surface area (Å²) >= 11 is 0. The van der Waals surface area contributed by atoms with Gasteiger partial charge >= 0.3 is 5.97 Å². The van der Waals surface area contributed by atoms with Crippen molar-refractivity contribution < 1.29 is 9.90 Å². The predicted molar refractivity (Wildman–Crippen MR) is 128 cm³/mol. The van der Waals surface area contributed by atoms with E-state index in [9.17, 15) is 9.90 Å². The first-order valence-electron chi connectivity index (χ1n) is 12.0. The van der Waals surface area contributed by atoms with Crippen molar-refractivity contribution in [3.8, 4) is 11.1 Å². The largest absolute Gasteiger partial charge is 0.481 e. The van der Waals surface area contributed by atoms with Crippen LogP contribution in [0.15, 0.2) is 48.5 Å². The van der Waals surface area contributed by atoms with E-state index in [0.29, 0.717) is 24.6 Å². The van der Waals surface area contributed by atoms with Crippen LogP contribution in [0.1, 0.15) is 67.8 Å². The molecule has 0 spiro atoms. The number of nitrogens with one attached hydrogen (secondary N) is 2. The Kier molecular flexibility index (Phi) is 7.83. The third-order valence-corrected chi connectivity index (χ3v) is 6.85. The summed E-state index contributed by atoms with van der Waals surface area (Å²) in [6.07, 6.45) is 5.30. The predicted octanol–water partition coefficient (Wildman–Crippen LogP) is 4.55. The van der Waals surface area contributed by atoms with Crippen LogP contribution in [-0.2, 0) is 11.2 Å². The van der Waals surface area contributed by atoms with Gasteiger partial charge in [0.1, 0.15) is 0 Å². The van der Waals surface area contributed by atoms with E-state index in [1.807, 2.05) is 12.1 Å². The highest BCUT2D eigenvalue weighted by molar-refractivity contribution is 5.72. The second-order valence-electron chi connectivity index (χ2n) is 8.97. The van der Waals surface area contributed by atoms with Gasteiger partial charge in [-0.2, -0.15) is 5.21 Å². The van der Waals surface area contributed by atoms with Crippen LogP contribution >= 0.6 is 0 Å². The van der Waals surface area contributed by atoms with Gasteiger partial charge in [0.25, 0.3) is 0 Å². The topological polar surface area (TPSA) is 104 Å². The number of hydrogen-bond acceptors (Lipinski definition) is 5. The number of carbonyl (C=O) groups is 1. The molecule has 7 heteroatoms. The fraction of sp³-hybridized carbons (Fsp3) is 0.462. The lowest BCUT2D eigenvalue weighted by Gasteiger charge is -2.24. The lowest BCUT2D eigenvalue weighted by atomic mass is 9.81. The van der Waals surface area contributed by atoms with Gasteiger partial charge < -0.3 is 10.4 Å². The standard InChI is InChI=1S/C26H33N5O2/c1-2-3-7-23(26(32)33)24(25-28-30-31-29-25)17-21-6-4-5-8-22(21)20-11-9-18(10-12-20)19-13-15-27-16-14-19/h4-6,8-12,19,23-24,27H,2-3,7,13-17H2,1H3,(H,32,33)(H,28,29,30,31)/t23-,24-/m0/s1. The molecule has 0 bridgehead atoms. The number of hydrogen-bond donors (Lipinski definition) is 3. The second kappa shape index (κ2) is 11.2. The Morgan fingerprint density at radius 2 is 1.88 bits per heavy atom. The third kappa shape index (κ3) is 5.66. The summed E-state index contributed by atoms with van der Waals surface area (Å²) in [5.41, 5.74) is 4.77. The van der Waals surface area contributed by atoms with Crippen LogP contribution in [-0.4, -0.2) is 44.8 Å². The molecule has 0 saturated carbocycles. The molecule has 2 aromatic carbocycles. The smallest absolute Gasteiger partial charge is 0.307 e. The number of carboxylic acids is 1. The molecule has 0 unspecified atom stereocenters. The van der Waals surface area contributed by atoms with E-state index in [-0.39, 0.29) is 5.92 Å². The number of aliphatic carboxylic acids is 1. The van der Waals surface area contributed by atoms with Crippen molar-refractivity contribution in [2.45, 2.75) is 57.3 Å². The molecule has 1 aliphatic rings. The van der Waals surface area contributed by atoms with Gasteiger partial charge in [0.05, 0.1) is 5.92 Å². The second-order valence-corrected chi connectivity index (χ2v) is 8.97. The van der Waals surface area contributed by atoms with Gasteiger partial charge in [0.15, 0.2) is 5.82 Å². The molecule has 3 N–H and O–H groups in total. The van der Waals surface area contributed by atoms with E-state index >= 15 is 0 Å². The summed E-state index contributed by atoms with van der Waals surface area (Å²) in [6.45, 7) is 4.23. The average Bonchev–Trinajstić information content (AvgIpc) is 3.39. The summed E-state index contributed by atoms with van der Waals surface area (Å²) in [5.74, 6) is -0.620. The van der Waals surface area contributed by atoms with Crippen molar-refractivity contribution in [3.63, 3.8) is 0 Å².